The maximum atomic E-state index is 11.5. The summed E-state index contributed by atoms with van der Waals surface area (Å²) in [6.45, 7) is 0. The maximum absolute atomic E-state index is 11.5. The normalized spacial score (nSPS) is 10.4. The molecular weight excluding hydrogens is 230 g/mol. The fourth-order valence-electron chi connectivity index (χ4n) is 1.60. The molecule has 16 heavy (non-hydrogen) atoms. The lowest BCUT2D eigenvalue weighted by Gasteiger charge is -2.00. The van der Waals surface area contributed by atoms with Crippen molar-refractivity contribution in [2.45, 2.75) is 0 Å². The van der Waals surface area contributed by atoms with Crippen molar-refractivity contribution < 1.29 is 14.4 Å². The molecule has 0 saturated heterocycles. The fraction of sp³-hybridized carbons (Fsp3) is 0.182. The van der Waals surface area contributed by atoms with Crippen LogP contribution in [-0.2, 0) is 4.74 Å². The second kappa shape index (κ2) is 4.06. The molecule has 2 rings (SSSR count). The summed E-state index contributed by atoms with van der Waals surface area (Å²) in [4.78, 5) is 16.6. The molecule has 0 saturated carbocycles. The van der Waals surface area contributed by atoms with Gasteiger partial charge >= 0.3 is 5.97 Å². The Morgan fingerprint density at radius 2 is 2.12 bits per heavy atom. The van der Waals surface area contributed by atoms with Crippen LogP contribution in [0.2, 0.25) is 5.02 Å². The molecule has 2 aromatic rings. The summed E-state index contributed by atoms with van der Waals surface area (Å²) in [6.07, 6.45) is 1.58. The van der Waals surface area contributed by atoms with Crippen LogP contribution in [0.25, 0.3) is 10.9 Å². The van der Waals surface area contributed by atoms with Gasteiger partial charge in [-0.3, -0.25) is 0 Å². The highest BCUT2D eigenvalue weighted by atomic mass is 35.5. The largest absolute Gasteiger partial charge is 0.465 e. The molecule has 84 valence electrons. The Morgan fingerprint density at radius 3 is 2.75 bits per heavy atom. The number of esters is 1. The SMILES string of the molecule is COC(=O)c1cn(OC)c2ccc(Cl)cc12. The average molecular weight is 240 g/mol. The molecule has 4 nitrogen and oxygen atoms in total. The molecule has 5 heteroatoms. The van der Waals surface area contributed by atoms with E-state index in [4.69, 9.17) is 21.2 Å². The van der Waals surface area contributed by atoms with Gasteiger partial charge in [0.25, 0.3) is 0 Å². The minimum atomic E-state index is -0.414. The summed E-state index contributed by atoms with van der Waals surface area (Å²) >= 11 is 5.89. The predicted octanol–water partition coefficient (Wildman–Crippen LogP) is 2.14. The Hall–Kier alpha value is -1.68. The van der Waals surface area contributed by atoms with Crippen LogP contribution in [0.5, 0.6) is 0 Å². The van der Waals surface area contributed by atoms with Gasteiger partial charge in [-0.2, -0.15) is 4.73 Å². The highest BCUT2D eigenvalue weighted by molar-refractivity contribution is 6.31. The van der Waals surface area contributed by atoms with E-state index in [1.807, 2.05) is 0 Å². The lowest BCUT2D eigenvalue weighted by Crippen LogP contribution is -2.04. The first-order valence-electron chi connectivity index (χ1n) is 4.60. The summed E-state index contributed by atoms with van der Waals surface area (Å²) in [5, 5.41) is 1.27. The Labute approximate surface area is 97.3 Å². The van der Waals surface area contributed by atoms with Crippen molar-refractivity contribution in [2.24, 2.45) is 0 Å². The zero-order chi connectivity index (χ0) is 11.7. The molecule has 0 aliphatic heterocycles. The van der Waals surface area contributed by atoms with Gasteiger partial charge < -0.3 is 9.57 Å². The summed E-state index contributed by atoms with van der Waals surface area (Å²) in [5.41, 5.74) is 1.20. The molecule has 0 unspecified atom stereocenters. The molecule has 0 N–H and O–H groups in total. The van der Waals surface area contributed by atoms with Crippen molar-refractivity contribution in [3.05, 3.63) is 35.0 Å². The second-order valence-electron chi connectivity index (χ2n) is 3.20. The molecule has 0 aliphatic rings. The van der Waals surface area contributed by atoms with E-state index in [0.717, 1.165) is 5.52 Å². The first kappa shape index (κ1) is 10.8. The summed E-state index contributed by atoms with van der Waals surface area (Å²) in [6, 6.07) is 5.23. The van der Waals surface area contributed by atoms with E-state index in [1.54, 1.807) is 24.4 Å². The molecule has 0 bridgehead atoms. The minimum absolute atomic E-state index is 0.414. The molecule has 0 radical (unpaired) electrons. The third-order valence-corrected chi connectivity index (χ3v) is 2.57. The third-order valence-electron chi connectivity index (χ3n) is 2.33. The molecule has 1 aromatic carbocycles. The first-order valence-corrected chi connectivity index (χ1v) is 4.98. The van der Waals surface area contributed by atoms with Gasteiger partial charge in [0.2, 0.25) is 0 Å². The Kier molecular flexibility index (Phi) is 2.75. The summed E-state index contributed by atoms with van der Waals surface area (Å²) in [5.74, 6) is -0.414. The van der Waals surface area contributed by atoms with Crippen molar-refractivity contribution in [1.82, 2.24) is 4.73 Å². The molecule has 0 aliphatic carbocycles. The van der Waals surface area contributed by atoms with Crippen molar-refractivity contribution in [2.75, 3.05) is 14.2 Å². The number of rotatable bonds is 2. The molecule has 0 amide bonds. The lowest BCUT2D eigenvalue weighted by molar-refractivity contribution is 0.0600. The Morgan fingerprint density at radius 1 is 1.38 bits per heavy atom. The number of benzene rings is 1. The number of nitrogens with zero attached hydrogens (tertiary/aromatic N) is 1. The van der Waals surface area contributed by atoms with Crippen LogP contribution >= 0.6 is 11.6 Å². The quantitative estimate of drug-likeness (QED) is 0.754. The highest BCUT2D eigenvalue weighted by Gasteiger charge is 2.16. The summed E-state index contributed by atoms with van der Waals surface area (Å²) < 4.78 is 6.19. The second-order valence-corrected chi connectivity index (χ2v) is 3.64. The van der Waals surface area contributed by atoms with Crippen molar-refractivity contribution in [3.63, 3.8) is 0 Å². The van der Waals surface area contributed by atoms with Crippen LogP contribution in [0.1, 0.15) is 10.4 Å². The summed E-state index contributed by atoms with van der Waals surface area (Å²) in [7, 11) is 2.86. The lowest BCUT2D eigenvalue weighted by atomic mass is 10.2. The Bertz CT molecular complexity index is 547. The van der Waals surface area contributed by atoms with Crippen molar-refractivity contribution in [1.29, 1.82) is 0 Å². The van der Waals surface area contributed by atoms with Crippen LogP contribution in [0, 0.1) is 0 Å². The van der Waals surface area contributed by atoms with E-state index >= 15 is 0 Å². The predicted molar refractivity (Wildman–Crippen MR) is 60.8 cm³/mol. The Balaban J connectivity index is 2.73. The van der Waals surface area contributed by atoms with Gasteiger partial charge in [0.15, 0.2) is 0 Å². The van der Waals surface area contributed by atoms with Gasteiger partial charge in [-0.15, -0.1) is 0 Å². The monoisotopic (exact) mass is 239 g/mol. The number of hydrogen-bond donors (Lipinski definition) is 0. The van der Waals surface area contributed by atoms with Crippen LogP contribution in [0.4, 0.5) is 0 Å². The van der Waals surface area contributed by atoms with Crippen molar-refractivity contribution >= 4 is 28.5 Å². The molecule has 0 fully saturated rings. The number of ether oxygens (including phenoxy) is 1. The maximum Gasteiger partial charge on any atom is 0.340 e. The molecule has 0 atom stereocenters. The number of fused-ring (bicyclic) bond motifs is 1. The zero-order valence-corrected chi connectivity index (χ0v) is 9.62. The number of carbonyl (C=O) groups is 1. The van der Waals surface area contributed by atoms with Gasteiger partial charge in [0.05, 0.1) is 24.4 Å². The topological polar surface area (TPSA) is 40.5 Å². The van der Waals surface area contributed by atoms with Gasteiger partial charge in [-0.25, -0.2) is 4.79 Å². The standard InChI is InChI=1S/C11H10ClNO3/c1-15-11(14)9-6-13(16-2)10-4-3-7(12)5-8(9)10/h3-6H,1-2H3. The van der Waals surface area contributed by atoms with Crippen LogP contribution in [-0.4, -0.2) is 24.9 Å². The minimum Gasteiger partial charge on any atom is -0.465 e. The van der Waals surface area contributed by atoms with Gasteiger partial charge in [0, 0.05) is 10.4 Å². The van der Waals surface area contributed by atoms with Gasteiger partial charge in [-0.1, -0.05) is 11.6 Å². The van der Waals surface area contributed by atoms with Gasteiger partial charge in [0.1, 0.15) is 7.11 Å². The molecule has 1 aromatic heterocycles. The molecule has 1 heterocycles. The number of methoxy groups -OCH3 is 1. The molecular formula is C11H10ClNO3. The highest BCUT2D eigenvalue weighted by Crippen LogP contribution is 2.24. The fourth-order valence-corrected chi connectivity index (χ4v) is 1.77. The van der Waals surface area contributed by atoms with E-state index < -0.39 is 5.97 Å². The van der Waals surface area contributed by atoms with Crippen LogP contribution in [0.3, 0.4) is 0 Å². The van der Waals surface area contributed by atoms with E-state index in [-0.39, 0.29) is 0 Å². The van der Waals surface area contributed by atoms with Crippen LogP contribution < -0.4 is 4.84 Å². The average Bonchev–Trinajstić information content (AvgIpc) is 2.66. The van der Waals surface area contributed by atoms with Crippen LogP contribution in [0.15, 0.2) is 24.4 Å². The van der Waals surface area contributed by atoms with E-state index in [9.17, 15) is 4.79 Å². The van der Waals surface area contributed by atoms with E-state index in [1.165, 1.54) is 19.0 Å². The van der Waals surface area contributed by atoms with E-state index in [0.29, 0.717) is 16.0 Å². The first-order chi connectivity index (χ1) is 7.67. The van der Waals surface area contributed by atoms with E-state index in [2.05, 4.69) is 0 Å². The number of hydrogen-bond acceptors (Lipinski definition) is 3. The third kappa shape index (κ3) is 1.61. The number of carbonyl (C=O) groups excluding carboxylic acids is 1. The molecule has 0 spiro atoms. The van der Waals surface area contributed by atoms with Crippen molar-refractivity contribution in [3.8, 4) is 0 Å². The number of aromatic nitrogens is 1. The smallest absolute Gasteiger partial charge is 0.340 e. The number of halogens is 1. The van der Waals surface area contributed by atoms with Gasteiger partial charge in [-0.05, 0) is 18.2 Å². The zero-order valence-electron chi connectivity index (χ0n) is 8.86.